The second-order valence-corrected chi connectivity index (χ2v) is 9.16. The van der Waals surface area contributed by atoms with Gasteiger partial charge in [-0.2, -0.15) is 0 Å². The molecule has 0 N–H and O–H groups in total. The van der Waals surface area contributed by atoms with Crippen LogP contribution in [0.3, 0.4) is 0 Å². The number of morpholine rings is 1. The minimum Gasteiger partial charge on any atom is -0.378 e. The number of carbonyl (C=O) groups excluding carboxylic acids is 1. The van der Waals surface area contributed by atoms with Crippen molar-refractivity contribution in [3.63, 3.8) is 0 Å². The number of rotatable bonds is 3. The van der Waals surface area contributed by atoms with Gasteiger partial charge in [0.05, 0.1) is 13.2 Å². The van der Waals surface area contributed by atoms with Crippen molar-refractivity contribution in [2.45, 2.75) is 12.5 Å². The Balaban J connectivity index is 1.22. The first-order valence-corrected chi connectivity index (χ1v) is 11.7. The summed E-state index contributed by atoms with van der Waals surface area (Å²) in [7, 11) is 0. The lowest BCUT2D eigenvalue weighted by Gasteiger charge is -2.34. The number of piperazine rings is 1. The van der Waals surface area contributed by atoms with Gasteiger partial charge in [0, 0.05) is 56.6 Å². The number of amides is 1. The van der Waals surface area contributed by atoms with Crippen LogP contribution in [-0.4, -0.2) is 74.2 Å². The van der Waals surface area contributed by atoms with Crippen LogP contribution >= 0.6 is 0 Å². The highest BCUT2D eigenvalue weighted by Gasteiger charge is 2.35. The molecule has 0 radical (unpaired) electrons. The lowest BCUT2D eigenvalue weighted by Crippen LogP contribution is -2.49. The summed E-state index contributed by atoms with van der Waals surface area (Å²) in [4.78, 5) is 20.1. The summed E-state index contributed by atoms with van der Waals surface area (Å²) in [6.07, 6.45) is 1.10. The summed E-state index contributed by atoms with van der Waals surface area (Å²) in [6.45, 7) is 7.51. The van der Waals surface area contributed by atoms with E-state index in [2.05, 4.69) is 69.3 Å². The summed E-state index contributed by atoms with van der Waals surface area (Å²) in [6, 6.07) is 21.9. The van der Waals surface area contributed by atoms with Gasteiger partial charge in [0.15, 0.2) is 0 Å². The molecule has 3 heterocycles. The molecule has 3 aliphatic rings. The van der Waals surface area contributed by atoms with Crippen molar-refractivity contribution in [2.24, 2.45) is 0 Å². The second kappa shape index (κ2) is 8.23. The van der Waals surface area contributed by atoms with Gasteiger partial charge < -0.3 is 14.5 Å². The van der Waals surface area contributed by atoms with Gasteiger partial charge in [-0.25, -0.2) is 0 Å². The zero-order valence-corrected chi connectivity index (χ0v) is 18.4. The topological polar surface area (TPSA) is 36.0 Å². The molecular weight excluding hydrogens is 398 g/mol. The fraction of sp³-hybridized carbons (Fsp3) is 0.370. The van der Waals surface area contributed by atoms with Crippen LogP contribution in [0.25, 0.3) is 21.9 Å². The van der Waals surface area contributed by atoms with Crippen LogP contribution < -0.4 is 4.90 Å². The Labute approximate surface area is 189 Å². The smallest absolute Gasteiger partial charge is 0.254 e. The zero-order valence-electron chi connectivity index (χ0n) is 18.4. The minimum atomic E-state index is 0.182. The first-order valence-electron chi connectivity index (χ1n) is 11.7. The van der Waals surface area contributed by atoms with Crippen LogP contribution in [0, 0.1) is 0 Å². The molecule has 0 spiro atoms. The van der Waals surface area contributed by atoms with Gasteiger partial charge in [-0.05, 0) is 58.7 Å². The molecule has 164 valence electrons. The Morgan fingerprint density at radius 3 is 2.38 bits per heavy atom. The van der Waals surface area contributed by atoms with E-state index in [4.69, 9.17) is 4.74 Å². The fourth-order valence-electron chi connectivity index (χ4n) is 5.38. The monoisotopic (exact) mass is 427 g/mol. The van der Waals surface area contributed by atoms with Crippen molar-refractivity contribution in [3.8, 4) is 11.1 Å². The van der Waals surface area contributed by atoms with E-state index in [0.717, 1.165) is 69.9 Å². The second-order valence-electron chi connectivity index (χ2n) is 9.16. The molecule has 0 aliphatic carbocycles. The summed E-state index contributed by atoms with van der Waals surface area (Å²) in [5, 5.41) is 2.29. The zero-order chi connectivity index (χ0) is 21.5. The van der Waals surface area contributed by atoms with Gasteiger partial charge in [0.25, 0.3) is 5.91 Å². The van der Waals surface area contributed by atoms with Crippen LogP contribution in [0.1, 0.15) is 16.8 Å². The van der Waals surface area contributed by atoms with E-state index in [9.17, 15) is 4.79 Å². The number of ether oxygens (including phenoxy) is 1. The highest BCUT2D eigenvalue weighted by atomic mass is 16.5. The van der Waals surface area contributed by atoms with Crippen molar-refractivity contribution in [1.82, 2.24) is 9.80 Å². The molecular formula is C27H29N3O2. The average molecular weight is 428 g/mol. The van der Waals surface area contributed by atoms with Gasteiger partial charge >= 0.3 is 0 Å². The van der Waals surface area contributed by atoms with E-state index in [1.807, 2.05) is 6.07 Å². The normalized spacial score (nSPS) is 23.0. The minimum absolute atomic E-state index is 0.182. The molecule has 3 aliphatic heterocycles. The quantitative estimate of drug-likeness (QED) is 0.636. The number of fused-ring (bicyclic) bond motifs is 3. The lowest BCUT2D eigenvalue weighted by atomic mass is 9.99. The number of hydrogen-bond acceptors (Lipinski definition) is 4. The van der Waals surface area contributed by atoms with Gasteiger partial charge in [-0.1, -0.05) is 30.3 Å². The summed E-state index contributed by atoms with van der Waals surface area (Å²) in [5.41, 5.74) is 4.47. The summed E-state index contributed by atoms with van der Waals surface area (Å²) >= 11 is 0. The van der Waals surface area contributed by atoms with E-state index >= 15 is 0 Å². The van der Waals surface area contributed by atoms with Crippen LogP contribution in [0.4, 0.5) is 5.69 Å². The average Bonchev–Trinajstić information content (AvgIpc) is 3.24. The molecule has 2 unspecified atom stereocenters. The van der Waals surface area contributed by atoms with Gasteiger partial charge in [0.1, 0.15) is 0 Å². The molecule has 3 fully saturated rings. The van der Waals surface area contributed by atoms with Crippen LogP contribution in [0.15, 0.2) is 60.7 Å². The number of hydrogen-bond donors (Lipinski definition) is 0. The molecule has 5 heteroatoms. The third-order valence-corrected chi connectivity index (χ3v) is 7.27. The highest BCUT2D eigenvalue weighted by molar-refractivity contribution is 5.99. The number of benzene rings is 3. The Kier molecular flexibility index (Phi) is 5.08. The fourth-order valence-corrected chi connectivity index (χ4v) is 5.38. The molecule has 5 nitrogen and oxygen atoms in total. The predicted octanol–water partition coefficient (Wildman–Crippen LogP) is 3.87. The largest absolute Gasteiger partial charge is 0.378 e. The van der Waals surface area contributed by atoms with E-state index in [-0.39, 0.29) is 5.91 Å². The Bertz CT molecular complexity index is 1140. The molecule has 2 bridgehead atoms. The molecule has 0 aromatic heterocycles. The molecule has 3 saturated heterocycles. The molecule has 2 atom stereocenters. The predicted molar refractivity (Wildman–Crippen MR) is 128 cm³/mol. The molecule has 1 amide bonds. The molecule has 6 rings (SSSR count). The van der Waals surface area contributed by atoms with E-state index in [1.165, 1.54) is 22.2 Å². The summed E-state index contributed by atoms with van der Waals surface area (Å²) in [5.74, 6) is 0.182. The third-order valence-electron chi connectivity index (χ3n) is 7.27. The molecule has 32 heavy (non-hydrogen) atoms. The van der Waals surface area contributed by atoms with Crippen LogP contribution in [0.5, 0.6) is 0 Å². The van der Waals surface area contributed by atoms with Crippen LogP contribution in [-0.2, 0) is 4.74 Å². The van der Waals surface area contributed by atoms with Crippen molar-refractivity contribution < 1.29 is 9.53 Å². The first-order chi connectivity index (χ1) is 15.7. The summed E-state index contributed by atoms with van der Waals surface area (Å²) < 4.78 is 5.46. The van der Waals surface area contributed by atoms with Gasteiger partial charge in [-0.15, -0.1) is 0 Å². The Morgan fingerprint density at radius 2 is 1.53 bits per heavy atom. The maximum absolute atomic E-state index is 13.2. The number of nitrogens with zero attached hydrogens (tertiary/aromatic N) is 3. The lowest BCUT2D eigenvalue weighted by molar-refractivity contribution is 0.0609. The van der Waals surface area contributed by atoms with Crippen molar-refractivity contribution in [3.05, 3.63) is 66.2 Å². The Hall–Kier alpha value is -2.89. The first kappa shape index (κ1) is 19.8. The van der Waals surface area contributed by atoms with Crippen molar-refractivity contribution in [2.75, 3.05) is 57.4 Å². The number of anilines is 1. The van der Waals surface area contributed by atoms with E-state index in [1.54, 1.807) is 0 Å². The standard InChI is InChI=1S/C27H29N3O2/c31-27(30-12-11-28-10-9-26(30)19-28)24-4-3-22-17-21(1-2-23(22)18-24)20-5-7-25(8-6-20)29-13-15-32-16-14-29/h1-8,17-18,26H,9-16,19H2. The molecule has 3 aromatic rings. The van der Waals surface area contributed by atoms with Gasteiger partial charge in [-0.3, -0.25) is 9.69 Å². The maximum Gasteiger partial charge on any atom is 0.254 e. The highest BCUT2D eigenvalue weighted by Crippen LogP contribution is 2.29. The molecule has 0 saturated carbocycles. The Morgan fingerprint density at radius 1 is 0.781 bits per heavy atom. The van der Waals surface area contributed by atoms with E-state index in [0.29, 0.717) is 6.04 Å². The van der Waals surface area contributed by atoms with Crippen LogP contribution in [0.2, 0.25) is 0 Å². The SMILES string of the molecule is O=C(c1ccc2cc(-c3ccc(N4CCOCC4)cc3)ccc2c1)N1CCN2CCC1C2. The maximum atomic E-state index is 13.2. The van der Waals surface area contributed by atoms with Crippen molar-refractivity contribution >= 4 is 22.4 Å². The third kappa shape index (κ3) is 3.65. The number of carbonyl (C=O) groups is 1. The molecule has 3 aromatic carbocycles. The van der Waals surface area contributed by atoms with E-state index < -0.39 is 0 Å². The van der Waals surface area contributed by atoms with Crippen molar-refractivity contribution in [1.29, 1.82) is 0 Å². The van der Waals surface area contributed by atoms with Gasteiger partial charge in [0.2, 0.25) is 0 Å².